The van der Waals surface area contributed by atoms with Gasteiger partial charge in [-0.05, 0) is 198 Å². The van der Waals surface area contributed by atoms with E-state index in [9.17, 15) is 0 Å². The normalized spacial score (nSPS) is 11.8. The van der Waals surface area contributed by atoms with Gasteiger partial charge in [-0.15, -0.1) is 0 Å². The van der Waals surface area contributed by atoms with Gasteiger partial charge in [0.25, 0.3) is 0 Å². The monoisotopic (exact) mass is 1350 g/mol. The van der Waals surface area contributed by atoms with Crippen LogP contribution in [0.3, 0.4) is 0 Å². The Hall–Kier alpha value is -14.1. The summed E-state index contributed by atoms with van der Waals surface area (Å²) in [6.45, 7) is 0. The summed E-state index contributed by atoms with van der Waals surface area (Å²) >= 11 is 0. The smallest absolute Gasteiger partial charge is 0.238 e. The molecular weight excluding hydrogens is 1280 g/mol. The third kappa shape index (κ3) is 10.0. The molecule has 3 aromatic heterocycles. The molecule has 5 heteroatoms. The van der Waals surface area contributed by atoms with E-state index in [0.717, 1.165) is 105 Å². The van der Waals surface area contributed by atoms with Gasteiger partial charge in [-0.25, -0.2) is 4.98 Å². The summed E-state index contributed by atoms with van der Waals surface area (Å²) in [6.07, 6.45) is 0. The molecule has 3 heterocycles. The van der Waals surface area contributed by atoms with Gasteiger partial charge in [0, 0.05) is 38.4 Å². The average Bonchev–Trinajstić information content (AvgIpc) is 1.49. The Kier molecular flexibility index (Phi) is 14.2. The van der Waals surface area contributed by atoms with Crippen LogP contribution in [-0.2, 0) is 0 Å². The molecule has 0 amide bonds. The molecule has 0 aliphatic rings. The molecule has 21 aromatic rings. The maximum atomic E-state index is 5.53. The second kappa shape index (κ2) is 24.8. The molecule has 5 nitrogen and oxygen atoms in total. The Morgan fingerprint density at radius 1 is 0.179 bits per heavy atom. The summed E-state index contributed by atoms with van der Waals surface area (Å²) in [5.74, 6) is 1.70. The van der Waals surface area contributed by atoms with Crippen LogP contribution in [0.15, 0.2) is 382 Å². The van der Waals surface area contributed by atoms with Crippen molar-refractivity contribution in [3.63, 3.8) is 0 Å². The Morgan fingerprint density at radius 3 is 1.08 bits per heavy atom. The van der Waals surface area contributed by atoms with Crippen LogP contribution in [0.4, 0.5) is 0 Å². The third-order valence-electron chi connectivity index (χ3n) is 21.7. The Labute approximate surface area is 612 Å². The summed E-state index contributed by atoms with van der Waals surface area (Å²) in [5, 5.41) is 16.4. The van der Waals surface area contributed by atoms with E-state index in [-0.39, 0.29) is 0 Å². The van der Waals surface area contributed by atoms with Crippen molar-refractivity contribution >= 4 is 97.5 Å². The fraction of sp³-hybridized carbons (Fsp3) is 0. The van der Waals surface area contributed by atoms with Crippen molar-refractivity contribution in [3.8, 4) is 112 Å². The van der Waals surface area contributed by atoms with Crippen LogP contribution in [0.1, 0.15) is 0 Å². The quantitative estimate of drug-likeness (QED) is 0.130. The van der Waals surface area contributed by atoms with Crippen molar-refractivity contribution in [2.24, 2.45) is 0 Å². The van der Waals surface area contributed by atoms with Crippen LogP contribution in [0.5, 0.6) is 0 Å². The molecule has 18 aromatic carbocycles. The zero-order valence-corrected chi connectivity index (χ0v) is 57.6. The van der Waals surface area contributed by atoms with Crippen molar-refractivity contribution in [2.75, 3.05) is 0 Å². The average molecular weight is 1350 g/mol. The predicted molar refractivity (Wildman–Crippen MR) is 445 cm³/mol. The van der Waals surface area contributed by atoms with Crippen molar-refractivity contribution in [3.05, 3.63) is 382 Å². The van der Waals surface area contributed by atoms with Crippen LogP contribution in [0.2, 0.25) is 0 Å². The van der Waals surface area contributed by atoms with Gasteiger partial charge in [0.2, 0.25) is 5.95 Å². The number of benzene rings is 18. The fourth-order valence-electron chi connectivity index (χ4n) is 16.9. The first-order chi connectivity index (χ1) is 52.6. The van der Waals surface area contributed by atoms with Gasteiger partial charge in [-0.1, -0.05) is 315 Å². The SMILES string of the molecule is c1ccc(-c2nc(-c3ccccc3)nc(-n3c4ccc(-c5cc(-c6cc(-c7cccc8ccccc78)cc(-c7cccc8ccccc78)c6)cc(-c6ccc(-c7cccc8ccccc78)c7c(-c8cccc9ccccc89)cccc67)c5)cc4c4ccc5c6ccccc6n(-c6ccccc6)c5c43)n2)cc1. The third-order valence-corrected chi connectivity index (χ3v) is 21.7. The maximum absolute atomic E-state index is 5.53. The van der Waals surface area contributed by atoms with E-state index in [1.54, 1.807) is 0 Å². The van der Waals surface area contributed by atoms with E-state index < -0.39 is 0 Å². The number of aromatic nitrogens is 5. The number of para-hydroxylation sites is 2. The first kappa shape index (κ1) is 60.6. The number of rotatable bonds is 11. The molecule has 0 saturated carbocycles. The Morgan fingerprint density at radius 2 is 0.538 bits per heavy atom. The first-order valence-corrected chi connectivity index (χ1v) is 36.3. The lowest BCUT2D eigenvalue weighted by molar-refractivity contribution is 0.953. The van der Waals surface area contributed by atoms with Crippen LogP contribution >= 0.6 is 0 Å². The molecule has 106 heavy (non-hydrogen) atoms. The van der Waals surface area contributed by atoms with Crippen LogP contribution < -0.4 is 0 Å². The van der Waals surface area contributed by atoms with Gasteiger partial charge in [0.15, 0.2) is 11.6 Å². The lowest BCUT2D eigenvalue weighted by atomic mass is 9.84. The Bertz CT molecular complexity index is 6870. The highest BCUT2D eigenvalue weighted by atomic mass is 15.2. The second-order valence-electron chi connectivity index (χ2n) is 27.7. The van der Waals surface area contributed by atoms with Crippen molar-refractivity contribution in [1.82, 2.24) is 24.1 Å². The van der Waals surface area contributed by atoms with Crippen molar-refractivity contribution in [1.29, 1.82) is 0 Å². The van der Waals surface area contributed by atoms with Gasteiger partial charge >= 0.3 is 0 Å². The van der Waals surface area contributed by atoms with E-state index >= 15 is 0 Å². The number of hydrogen-bond donors (Lipinski definition) is 0. The molecule has 492 valence electrons. The summed E-state index contributed by atoms with van der Waals surface area (Å²) in [5.41, 5.74) is 23.0. The molecule has 0 bridgehead atoms. The molecule has 0 radical (unpaired) electrons. The van der Waals surface area contributed by atoms with Gasteiger partial charge < -0.3 is 4.57 Å². The van der Waals surface area contributed by atoms with Crippen LogP contribution in [0, 0.1) is 0 Å². The summed E-state index contributed by atoms with van der Waals surface area (Å²) in [6, 6.07) is 140. The van der Waals surface area contributed by atoms with Gasteiger partial charge in [-0.3, -0.25) is 4.57 Å². The molecule has 0 N–H and O–H groups in total. The second-order valence-corrected chi connectivity index (χ2v) is 27.7. The van der Waals surface area contributed by atoms with Crippen LogP contribution in [-0.4, -0.2) is 24.1 Å². The minimum absolute atomic E-state index is 0.525. The molecule has 0 spiro atoms. The molecule has 0 unspecified atom stereocenters. The fourth-order valence-corrected chi connectivity index (χ4v) is 16.9. The first-order valence-electron chi connectivity index (χ1n) is 36.3. The standard InChI is InChI=1S/C101H63N5/c1-4-29-68(30-5-1)99-102-100(69-31-6-2-7-32-69)104-101(103-99)106-95-56-51-70(63-93(95)92-55-54-91-87-43-18-19-50-94(87)105(97(91)98(92)106)77-37-8-3-9-38-77)71-57-72(73-60-75(82-44-20-33-64-25-10-14-39-78(64)82)62-76(61-73)83-45-21-34-65-26-11-15-40-79(65)83)59-74(58-71)84-52-53-90(86-47-23-36-67-28-13-17-42-81(67)86)96-88(84)48-24-49-89(96)85-46-22-35-66-27-12-16-41-80(66)85/h1-63H. The maximum Gasteiger partial charge on any atom is 0.238 e. The summed E-state index contributed by atoms with van der Waals surface area (Å²) < 4.78 is 4.74. The number of nitrogens with zero attached hydrogens (tertiary/aromatic N) is 5. The molecule has 0 aliphatic heterocycles. The lowest BCUT2D eigenvalue weighted by Crippen LogP contribution is -2.07. The summed E-state index contributed by atoms with van der Waals surface area (Å²) in [7, 11) is 0. The van der Waals surface area contributed by atoms with E-state index in [4.69, 9.17) is 15.0 Å². The van der Waals surface area contributed by atoms with Crippen molar-refractivity contribution < 1.29 is 0 Å². The highest BCUT2D eigenvalue weighted by Crippen LogP contribution is 2.49. The zero-order chi connectivity index (χ0) is 69.8. The van der Waals surface area contributed by atoms with Crippen LogP contribution in [0.25, 0.3) is 210 Å². The van der Waals surface area contributed by atoms with E-state index in [1.165, 1.54) is 87.2 Å². The predicted octanol–water partition coefficient (Wildman–Crippen LogP) is 26.8. The van der Waals surface area contributed by atoms with Gasteiger partial charge in [-0.2, -0.15) is 9.97 Å². The molecule has 0 saturated heterocycles. The minimum atomic E-state index is 0.525. The van der Waals surface area contributed by atoms with Gasteiger partial charge in [0.1, 0.15) is 0 Å². The Balaban J connectivity index is 0.868. The molecule has 21 rings (SSSR count). The van der Waals surface area contributed by atoms with E-state index in [1.807, 2.05) is 36.4 Å². The molecule has 0 fully saturated rings. The van der Waals surface area contributed by atoms with Crippen molar-refractivity contribution in [2.45, 2.75) is 0 Å². The minimum Gasteiger partial charge on any atom is -0.307 e. The topological polar surface area (TPSA) is 48.5 Å². The number of fused-ring (bicyclic) bond motifs is 12. The highest BCUT2D eigenvalue weighted by Gasteiger charge is 2.26. The molecular formula is C101H63N5. The summed E-state index contributed by atoms with van der Waals surface area (Å²) in [4.78, 5) is 16.3. The highest BCUT2D eigenvalue weighted by molar-refractivity contribution is 6.25. The van der Waals surface area contributed by atoms with E-state index in [2.05, 4.69) is 355 Å². The number of hydrogen-bond acceptors (Lipinski definition) is 3. The van der Waals surface area contributed by atoms with E-state index in [0.29, 0.717) is 17.6 Å². The lowest BCUT2D eigenvalue weighted by Gasteiger charge is -2.20. The van der Waals surface area contributed by atoms with Gasteiger partial charge in [0.05, 0.1) is 22.1 Å². The molecule has 0 aliphatic carbocycles. The molecule has 0 atom stereocenters. The zero-order valence-electron chi connectivity index (χ0n) is 57.6. The largest absolute Gasteiger partial charge is 0.307 e.